The Labute approximate surface area is 98.4 Å². The highest BCUT2D eigenvalue weighted by Gasteiger charge is 2.28. The topological polar surface area (TPSA) is 64.6 Å². The van der Waals surface area contributed by atoms with E-state index in [1.54, 1.807) is 18.4 Å². The van der Waals surface area contributed by atoms with Gasteiger partial charge in [0.25, 0.3) is 10.0 Å². The second-order valence-electron chi connectivity index (χ2n) is 3.24. The van der Waals surface area contributed by atoms with Crippen molar-refractivity contribution in [3.8, 4) is 0 Å². The number of ether oxygens (including phenoxy) is 2. The smallest absolute Gasteiger partial charge is 0.250 e. The van der Waals surface area contributed by atoms with E-state index in [9.17, 15) is 8.42 Å². The highest BCUT2D eigenvalue weighted by molar-refractivity contribution is 7.91. The van der Waals surface area contributed by atoms with Gasteiger partial charge in [-0.3, -0.25) is 0 Å². The van der Waals surface area contributed by atoms with Crippen LogP contribution in [-0.4, -0.2) is 28.2 Å². The van der Waals surface area contributed by atoms with E-state index in [0.717, 1.165) is 0 Å². The van der Waals surface area contributed by atoms with E-state index in [2.05, 4.69) is 4.72 Å². The summed E-state index contributed by atoms with van der Waals surface area (Å²) in [6, 6.07) is 1.73. The minimum Gasteiger partial charge on any atom is -0.346 e. The Morgan fingerprint density at radius 2 is 2.19 bits per heavy atom. The molecule has 2 rings (SSSR count). The van der Waals surface area contributed by atoms with Gasteiger partial charge in [-0.1, -0.05) is 6.92 Å². The molecule has 0 atom stereocenters. The first kappa shape index (κ1) is 12.0. The Hall–Kier alpha value is -0.470. The van der Waals surface area contributed by atoms with E-state index in [1.807, 2.05) is 0 Å². The van der Waals surface area contributed by atoms with Gasteiger partial charge in [0, 0.05) is 12.1 Å². The number of hydrogen-bond donors (Lipinski definition) is 1. The van der Waals surface area contributed by atoms with Gasteiger partial charge >= 0.3 is 0 Å². The van der Waals surface area contributed by atoms with Gasteiger partial charge < -0.3 is 9.47 Å². The predicted molar refractivity (Wildman–Crippen MR) is 59.8 cm³/mol. The Morgan fingerprint density at radius 3 is 2.81 bits per heavy atom. The molecule has 1 aliphatic heterocycles. The third-order valence-electron chi connectivity index (χ3n) is 2.11. The van der Waals surface area contributed by atoms with E-state index in [1.165, 1.54) is 11.3 Å². The van der Waals surface area contributed by atoms with Crippen molar-refractivity contribution in [3.63, 3.8) is 0 Å². The van der Waals surface area contributed by atoms with Crippen molar-refractivity contribution in [2.24, 2.45) is 0 Å². The average molecular weight is 263 g/mol. The summed E-state index contributed by atoms with van der Waals surface area (Å²) in [6.45, 7) is 3.11. The summed E-state index contributed by atoms with van der Waals surface area (Å²) in [7, 11) is -3.43. The minimum absolute atomic E-state index is 0.279. The first-order chi connectivity index (χ1) is 7.65. The quantitative estimate of drug-likeness (QED) is 0.883. The van der Waals surface area contributed by atoms with Crippen molar-refractivity contribution in [1.82, 2.24) is 4.72 Å². The molecule has 16 heavy (non-hydrogen) atoms. The molecule has 2 heterocycles. The molecule has 1 N–H and O–H groups in total. The second kappa shape index (κ2) is 4.80. The maximum absolute atomic E-state index is 11.9. The fourth-order valence-corrected chi connectivity index (χ4v) is 3.97. The van der Waals surface area contributed by atoms with Gasteiger partial charge in [0.15, 0.2) is 6.29 Å². The van der Waals surface area contributed by atoms with Crippen molar-refractivity contribution in [3.05, 3.63) is 17.0 Å². The Balaban J connectivity index is 2.31. The fourth-order valence-electron chi connectivity index (χ4n) is 1.49. The first-order valence-corrected chi connectivity index (χ1v) is 7.31. The molecule has 5 nitrogen and oxygen atoms in total. The predicted octanol–water partition coefficient (Wildman–Crippen LogP) is 1.09. The van der Waals surface area contributed by atoms with E-state index in [0.29, 0.717) is 25.3 Å². The molecule has 0 saturated carbocycles. The summed E-state index contributed by atoms with van der Waals surface area (Å²) in [5.74, 6) is 0. The summed E-state index contributed by atoms with van der Waals surface area (Å²) in [6.07, 6.45) is -0.547. The summed E-state index contributed by atoms with van der Waals surface area (Å²) in [5, 5.41) is 1.73. The van der Waals surface area contributed by atoms with Crippen molar-refractivity contribution in [2.75, 3.05) is 19.8 Å². The normalized spacial score (nSPS) is 18.1. The molecule has 0 amide bonds. The lowest BCUT2D eigenvalue weighted by Crippen LogP contribution is -2.23. The van der Waals surface area contributed by atoms with Gasteiger partial charge in [-0.15, -0.1) is 11.3 Å². The molecule has 0 aliphatic carbocycles. The molecule has 1 fully saturated rings. The molecule has 1 aromatic heterocycles. The van der Waals surface area contributed by atoms with Crippen LogP contribution in [0.4, 0.5) is 0 Å². The van der Waals surface area contributed by atoms with E-state index >= 15 is 0 Å². The molecule has 1 aliphatic rings. The van der Waals surface area contributed by atoms with Crippen molar-refractivity contribution < 1.29 is 17.9 Å². The molecule has 90 valence electrons. The number of hydrogen-bond acceptors (Lipinski definition) is 5. The van der Waals surface area contributed by atoms with Crippen molar-refractivity contribution in [1.29, 1.82) is 0 Å². The number of nitrogens with one attached hydrogen (secondary N) is 1. The largest absolute Gasteiger partial charge is 0.346 e. The molecule has 7 heteroatoms. The van der Waals surface area contributed by atoms with Crippen LogP contribution in [-0.2, 0) is 19.5 Å². The van der Waals surface area contributed by atoms with Gasteiger partial charge in [-0.05, 0) is 11.4 Å². The summed E-state index contributed by atoms with van der Waals surface area (Å²) >= 11 is 1.17. The Morgan fingerprint density at radius 1 is 1.50 bits per heavy atom. The summed E-state index contributed by atoms with van der Waals surface area (Å²) in [5.41, 5.74) is 0.587. The standard InChI is InChI=1S/C9H13NO4S2/c1-2-10-16(11,12)9-7(3-6-15-9)8-13-4-5-14-8/h3,6,8,10H,2,4-5H2,1H3. The summed E-state index contributed by atoms with van der Waals surface area (Å²) < 4.78 is 37.1. The van der Waals surface area contributed by atoms with E-state index in [-0.39, 0.29) is 4.21 Å². The monoisotopic (exact) mass is 263 g/mol. The van der Waals surface area contributed by atoms with Gasteiger partial charge in [0.2, 0.25) is 0 Å². The zero-order valence-corrected chi connectivity index (χ0v) is 10.4. The maximum Gasteiger partial charge on any atom is 0.250 e. The molecule has 1 aromatic rings. The average Bonchev–Trinajstić information content (AvgIpc) is 2.88. The molecule has 0 bridgehead atoms. The van der Waals surface area contributed by atoms with Crippen LogP contribution in [0.25, 0.3) is 0 Å². The maximum atomic E-state index is 11.9. The van der Waals surface area contributed by atoms with Gasteiger partial charge in [-0.2, -0.15) is 0 Å². The number of sulfonamides is 1. The lowest BCUT2D eigenvalue weighted by atomic mass is 10.3. The second-order valence-corrected chi connectivity index (χ2v) is 6.12. The van der Waals surface area contributed by atoms with Crippen LogP contribution >= 0.6 is 11.3 Å². The van der Waals surface area contributed by atoms with Gasteiger partial charge in [0.1, 0.15) is 4.21 Å². The lowest BCUT2D eigenvalue weighted by Gasteiger charge is -2.10. The number of thiophene rings is 1. The van der Waals surface area contributed by atoms with E-state index < -0.39 is 16.3 Å². The third-order valence-corrected chi connectivity index (χ3v) is 5.17. The highest BCUT2D eigenvalue weighted by Crippen LogP contribution is 2.32. The number of rotatable bonds is 4. The zero-order chi connectivity index (χ0) is 11.6. The van der Waals surface area contributed by atoms with Crippen LogP contribution in [0.3, 0.4) is 0 Å². The molecule has 0 spiro atoms. The minimum atomic E-state index is -3.43. The zero-order valence-electron chi connectivity index (χ0n) is 8.80. The van der Waals surface area contributed by atoms with Gasteiger partial charge in [0.05, 0.1) is 13.2 Å². The fraction of sp³-hybridized carbons (Fsp3) is 0.556. The third kappa shape index (κ3) is 2.28. The van der Waals surface area contributed by atoms with Crippen molar-refractivity contribution in [2.45, 2.75) is 17.4 Å². The molecule has 0 aromatic carbocycles. The summed E-state index contributed by atoms with van der Waals surface area (Å²) in [4.78, 5) is 0. The molecule has 0 radical (unpaired) electrons. The van der Waals surface area contributed by atoms with Crippen LogP contribution < -0.4 is 4.72 Å². The Bertz CT molecular complexity index is 448. The molecule has 1 saturated heterocycles. The van der Waals surface area contributed by atoms with Crippen molar-refractivity contribution >= 4 is 21.4 Å². The lowest BCUT2D eigenvalue weighted by molar-refractivity contribution is -0.0456. The Kier molecular flexibility index (Phi) is 3.60. The van der Waals surface area contributed by atoms with Crippen LogP contribution in [0.5, 0.6) is 0 Å². The van der Waals surface area contributed by atoms with Crippen LogP contribution in [0, 0.1) is 0 Å². The molecular weight excluding hydrogens is 250 g/mol. The van der Waals surface area contributed by atoms with Crippen LogP contribution in [0.15, 0.2) is 15.7 Å². The molecular formula is C9H13NO4S2. The molecule has 0 unspecified atom stereocenters. The van der Waals surface area contributed by atoms with Gasteiger partial charge in [-0.25, -0.2) is 13.1 Å². The van der Waals surface area contributed by atoms with Crippen LogP contribution in [0.2, 0.25) is 0 Å². The van der Waals surface area contributed by atoms with E-state index in [4.69, 9.17) is 9.47 Å². The highest BCUT2D eigenvalue weighted by atomic mass is 32.2. The SMILES string of the molecule is CCNS(=O)(=O)c1sccc1C1OCCO1. The first-order valence-electron chi connectivity index (χ1n) is 4.95. The van der Waals surface area contributed by atoms with Crippen LogP contribution in [0.1, 0.15) is 18.8 Å².